The van der Waals surface area contributed by atoms with Crippen LogP contribution in [0.25, 0.3) is 0 Å². The molecule has 90 valence electrons. The molecule has 1 fully saturated rings. The van der Waals surface area contributed by atoms with Crippen molar-refractivity contribution in [1.82, 2.24) is 4.90 Å². The third kappa shape index (κ3) is 3.47. The summed E-state index contributed by atoms with van der Waals surface area (Å²) in [4.78, 5) is 33.7. The van der Waals surface area contributed by atoms with Gasteiger partial charge in [-0.1, -0.05) is 6.92 Å². The summed E-state index contributed by atoms with van der Waals surface area (Å²) in [7, 11) is 0. The number of thioether (sulfide) groups is 1. The molecule has 0 aromatic rings. The van der Waals surface area contributed by atoms with Gasteiger partial charge in [-0.05, 0) is 0 Å². The van der Waals surface area contributed by atoms with Crippen LogP contribution < -0.4 is 34.7 Å². The first-order valence-electron chi connectivity index (χ1n) is 5.09. The monoisotopic (exact) mass is 267 g/mol. The summed E-state index contributed by atoms with van der Waals surface area (Å²) >= 11 is 1.10. The molecule has 0 saturated carbocycles. The minimum Gasteiger partial charge on any atom is -0.547 e. The number of rotatable bonds is 4. The summed E-state index contributed by atoms with van der Waals surface area (Å²) in [6, 6.07) is 0. The maximum Gasteiger partial charge on any atom is 1.00 e. The van der Waals surface area contributed by atoms with E-state index < -0.39 is 10.8 Å². The van der Waals surface area contributed by atoms with E-state index in [1.54, 1.807) is 6.92 Å². The summed E-state index contributed by atoms with van der Waals surface area (Å²) in [5.74, 6) is -1.35. The maximum atomic E-state index is 11.4. The second-order valence-electron chi connectivity index (χ2n) is 3.66. The van der Waals surface area contributed by atoms with Gasteiger partial charge >= 0.3 is 29.6 Å². The molecule has 0 N–H and O–H groups in total. The quantitative estimate of drug-likeness (QED) is 0.492. The third-order valence-electron chi connectivity index (χ3n) is 2.62. The van der Waals surface area contributed by atoms with Crippen LogP contribution in [0.3, 0.4) is 0 Å². The van der Waals surface area contributed by atoms with Crippen molar-refractivity contribution in [2.45, 2.75) is 31.6 Å². The van der Waals surface area contributed by atoms with Gasteiger partial charge in [-0.25, -0.2) is 0 Å². The van der Waals surface area contributed by atoms with Crippen molar-refractivity contribution < 1.29 is 49.0 Å². The fourth-order valence-corrected chi connectivity index (χ4v) is 3.12. The first-order chi connectivity index (χ1) is 7.44. The Morgan fingerprint density at radius 1 is 1.41 bits per heavy atom. The predicted octanol–water partition coefficient (Wildman–Crippen LogP) is -3.60. The summed E-state index contributed by atoms with van der Waals surface area (Å²) in [6.07, 6.45) is 0.0947. The number of ketones is 1. The zero-order valence-corrected chi connectivity index (χ0v) is 13.1. The molecule has 17 heavy (non-hydrogen) atoms. The summed E-state index contributed by atoms with van der Waals surface area (Å²) in [6.45, 7) is 3.33. The van der Waals surface area contributed by atoms with E-state index in [4.69, 9.17) is 0 Å². The van der Waals surface area contributed by atoms with Crippen LogP contribution in [0.2, 0.25) is 0 Å². The van der Waals surface area contributed by atoms with Crippen molar-refractivity contribution in [3.8, 4) is 0 Å². The molecule has 0 aromatic carbocycles. The van der Waals surface area contributed by atoms with Crippen molar-refractivity contribution in [2.75, 3.05) is 12.3 Å². The molecule has 1 amide bonds. The third-order valence-corrected chi connectivity index (χ3v) is 4.02. The topological polar surface area (TPSA) is 77.5 Å². The Morgan fingerprint density at radius 2 is 2.00 bits per heavy atom. The largest absolute Gasteiger partial charge is 1.00 e. The van der Waals surface area contributed by atoms with E-state index in [2.05, 4.69) is 0 Å². The van der Waals surface area contributed by atoms with Gasteiger partial charge in [0.2, 0.25) is 5.91 Å². The number of carbonyl (C=O) groups excluding carboxylic acids is 3. The van der Waals surface area contributed by atoms with Crippen LogP contribution in [0.5, 0.6) is 0 Å². The Morgan fingerprint density at radius 3 is 2.41 bits per heavy atom. The zero-order chi connectivity index (χ0) is 12.3. The molecule has 0 aliphatic carbocycles. The van der Waals surface area contributed by atoms with Gasteiger partial charge in [0.05, 0.1) is 5.97 Å². The van der Waals surface area contributed by atoms with E-state index in [0.717, 1.165) is 11.8 Å². The van der Waals surface area contributed by atoms with Crippen LogP contribution in [0.1, 0.15) is 26.7 Å². The number of nitrogens with zero attached hydrogens (tertiary/aromatic N) is 1. The first-order valence-corrected chi connectivity index (χ1v) is 6.08. The molecular weight excluding hydrogens is 253 g/mol. The molecule has 1 unspecified atom stereocenters. The van der Waals surface area contributed by atoms with Gasteiger partial charge in [0.25, 0.3) is 0 Å². The minimum absolute atomic E-state index is 0. The summed E-state index contributed by atoms with van der Waals surface area (Å²) in [5.41, 5.74) is 0. The van der Waals surface area contributed by atoms with Crippen molar-refractivity contribution in [3.63, 3.8) is 0 Å². The van der Waals surface area contributed by atoms with Crippen LogP contribution in [0.4, 0.5) is 0 Å². The van der Waals surface area contributed by atoms with Crippen molar-refractivity contribution in [2.24, 2.45) is 0 Å². The average molecular weight is 267 g/mol. The Labute approximate surface area is 127 Å². The fraction of sp³-hybridized carbons (Fsp3) is 0.700. The minimum atomic E-state index is -1.49. The fourth-order valence-electron chi connectivity index (χ4n) is 1.76. The molecule has 1 aliphatic heterocycles. The van der Waals surface area contributed by atoms with E-state index in [1.807, 2.05) is 0 Å². The standard InChI is InChI=1S/C10H15NO4S.Na/c1-3-8(13)6-10(9(14)15)11(7(2)12)4-5-16-10;/h3-6H2,1-2H3,(H,14,15);/q;+1/p-1. The van der Waals surface area contributed by atoms with E-state index in [-0.39, 0.29) is 54.1 Å². The number of hydrogen-bond acceptors (Lipinski definition) is 5. The molecule has 0 bridgehead atoms. The molecule has 1 saturated heterocycles. The molecule has 1 atom stereocenters. The number of Topliss-reactive ketones (excluding diaryl/α,β-unsaturated/α-hetero) is 1. The number of hydrogen-bond donors (Lipinski definition) is 0. The zero-order valence-electron chi connectivity index (χ0n) is 10.3. The van der Waals surface area contributed by atoms with Crippen LogP contribution in [0.15, 0.2) is 0 Å². The summed E-state index contributed by atoms with van der Waals surface area (Å²) in [5, 5.41) is 11.2. The Bertz CT molecular complexity index is 336. The van der Waals surface area contributed by atoms with E-state index >= 15 is 0 Å². The van der Waals surface area contributed by atoms with E-state index in [0.29, 0.717) is 12.3 Å². The van der Waals surface area contributed by atoms with Crippen molar-refractivity contribution >= 4 is 29.4 Å². The average Bonchev–Trinajstić information content (AvgIpc) is 2.62. The van der Waals surface area contributed by atoms with Crippen LogP contribution in [-0.2, 0) is 14.4 Å². The van der Waals surface area contributed by atoms with Gasteiger partial charge in [-0.15, -0.1) is 11.8 Å². The van der Waals surface area contributed by atoms with Crippen LogP contribution >= 0.6 is 11.8 Å². The van der Waals surface area contributed by atoms with Gasteiger partial charge in [0, 0.05) is 32.1 Å². The Hall–Kier alpha value is -0.0400. The summed E-state index contributed by atoms with van der Waals surface area (Å²) < 4.78 is 0. The molecule has 1 aliphatic rings. The van der Waals surface area contributed by atoms with E-state index in [1.165, 1.54) is 11.8 Å². The van der Waals surface area contributed by atoms with Gasteiger partial charge < -0.3 is 14.8 Å². The Balaban J connectivity index is 0.00000256. The maximum absolute atomic E-state index is 11.4. The second kappa shape index (κ2) is 6.78. The first kappa shape index (κ1) is 17.0. The molecule has 7 heteroatoms. The normalized spacial score (nSPS) is 23.1. The van der Waals surface area contributed by atoms with Crippen molar-refractivity contribution in [3.05, 3.63) is 0 Å². The number of carboxylic acids is 1. The molecule has 0 aromatic heterocycles. The number of aliphatic carboxylic acids is 1. The number of carboxylic acid groups (broad SMARTS) is 1. The number of carbonyl (C=O) groups is 3. The number of amides is 1. The molecule has 0 radical (unpaired) electrons. The van der Waals surface area contributed by atoms with Gasteiger partial charge in [0.15, 0.2) is 0 Å². The molecule has 1 heterocycles. The molecule has 5 nitrogen and oxygen atoms in total. The molecule has 1 rings (SSSR count). The van der Waals surface area contributed by atoms with Gasteiger partial charge in [-0.2, -0.15) is 0 Å². The van der Waals surface area contributed by atoms with E-state index in [9.17, 15) is 19.5 Å². The van der Waals surface area contributed by atoms with Crippen LogP contribution in [0, 0.1) is 0 Å². The Kier molecular flexibility index (Phi) is 6.76. The second-order valence-corrected chi connectivity index (χ2v) is 5.03. The molecular formula is C10H14NNaO4S. The van der Waals surface area contributed by atoms with Gasteiger partial charge in [0.1, 0.15) is 10.7 Å². The smallest absolute Gasteiger partial charge is 0.547 e. The molecule has 0 spiro atoms. The van der Waals surface area contributed by atoms with Gasteiger partial charge in [-0.3, -0.25) is 9.59 Å². The SMILES string of the molecule is CCC(=O)CC1(C(=O)[O-])SCCN1C(C)=O.[Na+]. The predicted molar refractivity (Wildman–Crippen MR) is 57.5 cm³/mol. The van der Waals surface area contributed by atoms with Crippen molar-refractivity contribution in [1.29, 1.82) is 0 Å². The van der Waals surface area contributed by atoms with Crippen LogP contribution in [-0.4, -0.2) is 39.7 Å².